The molecule has 0 spiro atoms. The highest BCUT2D eigenvalue weighted by molar-refractivity contribution is 7.96. The summed E-state index contributed by atoms with van der Waals surface area (Å²) in [6.45, 7) is 0. The second kappa shape index (κ2) is 2.52. The predicted octanol–water partition coefficient (Wildman–Crippen LogP) is 0.00660. The lowest BCUT2D eigenvalue weighted by Crippen LogP contribution is -2.24. The monoisotopic (exact) mass is 214 g/mol. The minimum absolute atomic E-state index is 0.130. The van der Waals surface area contributed by atoms with Crippen LogP contribution in [0.2, 0.25) is 0 Å². The Morgan fingerprint density at radius 2 is 1.79 bits per heavy atom. The maximum Gasteiger partial charge on any atom is 0.426 e. The number of rotatable bonds is 2. The van der Waals surface area contributed by atoms with Crippen molar-refractivity contribution in [3.8, 4) is 0 Å². The second-order valence-corrected chi connectivity index (χ2v) is 4.67. The van der Waals surface area contributed by atoms with E-state index in [-0.39, 0.29) is 5.56 Å². The molecule has 1 fully saturated rings. The van der Waals surface area contributed by atoms with Gasteiger partial charge in [0.1, 0.15) is 0 Å². The van der Waals surface area contributed by atoms with Crippen molar-refractivity contribution in [1.82, 2.24) is 4.72 Å². The van der Waals surface area contributed by atoms with Crippen molar-refractivity contribution < 1.29 is 13.3 Å². The van der Waals surface area contributed by atoms with E-state index in [4.69, 9.17) is 0 Å². The Labute approximate surface area is 79.8 Å². The zero-order chi connectivity index (χ0) is 10.4. The van der Waals surface area contributed by atoms with E-state index < -0.39 is 19.9 Å². The van der Waals surface area contributed by atoms with Crippen LogP contribution >= 0.6 is 0 Å². The van der Waals surface area contributed by atoms with E-state index in [1.807, 2.05) is 4.72 Å². The molecule has 7 heteroatoms. The van der Waals surface area contributed by atoms with Crippen LogP contribution in [0.4, 0.5) is 0 Å². The first-order valence-corrected chi connectivity index (χ1v) is 5.22. The Balaban J connectivity index is 2.58. The van der Waals surface area contributed by atoms with Crippen LogP contribution in [0.25, 0.3) is 0 Å². The third-order valence-corrected chi connectivity index (χ3v) is 3.67. The molecule has 1 atom stereocenters. The second-order valence-electron chi connectivity index (χ2n) is 2.87. The summed E-state index contributed by atoms with van der Waals surface area (Å²) in [5, 5.41) is 10.7. The lowest BCUT2D eigenvalue weighted by molar-refractivity contribution is -0.537. The molecule has 0 aromatic heterocycles. The van der Waals surface area contributed by atoms with Crippen molar-refractivity contribution in [1.29, 1.82) is 0 Å². The van der Waals surface area contributed by atoms with Crippen LogP contribution in [0.1, 0.15) is 5.56 Å². The van der Waals surface area contributed by atoms with E-state index >= 15 is 0 Å². The van der Waals surface area contributed by atoms with Crippen molar-refractivity contribution in [3.63, 3.8) is 0 Å². The molecule has 74 valence electrons. The zero-order valence-electron chi connectivity index (χ0n) is 6.88. The van der Waals surface area contributed by atoms with Gasteiger partial charge in [-0.25, -0.2) is 8.42 Å². The first-order valence-electron chi connectivity index (χ1n) is 3.74. The van der Waals surface area contributed by atoms with E-state index in [1.165, 1.54) is 12.1 Å². The van der Waals surface area contributed by atoms with Crippen LogP contribution < -0.4 is 4.72 Å². The van der Waals surface area contributed by atoms with Crippen LogP contribution in [0.5, 0.6) is 0 Å². The van der Waals surface area contributed by atoms with Gasteiger partial charge in [-0.15, -0.1) is 4.72 Å². The maximum absolute atomic E-state index is 11.1. The van der Waals surface area contributed by atoms with Crippen molar-refractivity contribution in [3.05, 3.63) is 46.0 Å². The van der Waals surface area contributed by atoms with E-state index in [0.717, 1.165) is 0 Å². The van der Waals surface area contributed by atoms with Gasteiger partial charge < -0.3 is 0 Å². The van der Waals surface area contributed by atoms with Gasteiger partial charge in [0.2, 0.25) is 0 Å². The van der Waals surface area contributed by atoms with Crippen LogP contribution in [0.3, 0.4) is 0 Å². The van der Waals surface area contributed by atoms with Gasteiger partial charge in [-0.1, -0.05) is 18.2 Å². The van der Waals surface area contributed by atoms with Gasteiger partial charge in [0.15, 0.2) is 0 Å². The largest absolute Gasteiger partial charge is 0.426 e. The smallest absolute Gasteiger partial charge is 0.261 e. The van der Waals surface area contributed by atoms with Crippen LogP contribution in [0, 0.1) is 10.1 Å². The Morgan fingerprint density at radius 1 is 1.29 bits per heavy atom. The van der Waals surface area contributed by atoms with Gasteiger partial charge in [-0.05, 0) is 12.1 Å². The van der Waals surface area contributed by atoms with E-state index in [2.05, 4.69) is 0 Å². The number of nitrogens with one attached hydrogen (secondary N) is 1. The molecule has 1 heterocycles. The normalized spacial score (nSPS) is 28.3. The first kappa shape index (κ1) is 9.10. The Kier molecular flexibility index (Phi) is 1.64. The molecule has 1 aromatic rings. The van der Waals surface area contributed by atoms with Crippen LogP contribution in [-0.4, -0.2) is 13.3 Å². The molecule has 1 aromatic carbocycles. The fourth-order valence-corrected chi connectivity index (χ4v) is 2.64. The third kappa shape index (κ3) is 0.962. The molecule has 0 aliphatic carbocycles. The number of nitrogens with zero attached hydrogens (tertiary/aromatic N) is 1. The molecule has 0 radical (unpaired) electrons. The lowest BCUT2D eigenvalue weighted by Gasteiger charge is -2.00. The molecule has 2 rings (SSSR count). The fraction of sp³-hybridized carbons (Fsp3) is 0.143. The molecule has 14 heavy (non-hydrogen) atoms. The summed E-state index contributed by atoms with van der Waals surface area (Å²) in [7, 11) is -3.82. The van der Waals surface area contributed by atoms with Gasteiger partial charge in [0.05, 0.1) is 10.5 Å². The molecular formula is C7H6N2O4S. The van der Waals surface area contributed by atoms with Crippen LogP contribution in [0.15, 0.2) is 30.3 Å². The van der Waals surface area contributed by atoms with Crippen molar-refractivity contribution in [2.75, 3.05) is 0 Å². The average molecular weight is 214 g/mol. The van der Waals surface area contributed by atoms with Gasteiger partial charge in [0, 0.05) is 0 Å². The van der Waals surface area contributed by atoms with E-state index in [0.29, 0.717) is 0 Å². The quantitative estimate of drug-likeness (QED) is 0.425. The predicted molar refractivity (Wildman–Crippen MR) is 47.2 cm³/mol. The lowest BCUT2D eigenvalue weighted by atomic mass is 10.2. The summed E-state index contributed by atoms with van der Waals surface area (Å²) >= 11 is 0. The van der Waals surface area contributed by atoms with E-state index in [1.54, 1.807) is 18.2 Å². The highest BCUT2D eigenvalue weighted by Crippen LogP contribution is 2.39. The van der Waals surface area contributed by atoms with Crippen molar-refractivity contribution in [2.24, 2.45) is 0 Å². The minimum Gasteiger partial charge on any atom is -0.261 e. The Morgan fingerprint density at radius 3 is 2.14 bits per heavy atom. The number of hydrogen-bond acceptors (Lipinski definition) is 4. The van der Waals surface area contributed by atoms with Crippen molar-refractivity contribution >= 4 is 10.0 Å². The summed E-state index contributed by atoms with van der Waals surface area (Å²) in [5.74, 6) is 0. The number of nitro groups is 1. The fourth-order valence-electron chi connectivity index (χ4n) is 1.28. The maximum atomic E-state index is 11.1. The minimum atomic E-state index is -3.82. The molecule has 6 nitrogen and oxygen atoms in total. The molecule has 1 saturated heterocycles. The summed E-state index contributed by atoms with van der Waals surface area (Å²) in [6.07, 6.45) is 0. The number of hydrogen-bond donors (Lipinski definition) is 1. The molecule has 1 N–H and O–H groups in total. The zero-order valence-corrected chi connectivity index (χ0v) is 7.69. The van der Waals surface area contributed by atoms with Gasteiger partial charge >= 0.3 is 15.0 Å². The van der Waals surface area contributed by atoms with Gasteiger partial charge in [-0.2, -0.15) is 0 Å². The molecule has 0 amide bonds. The number of sulfonamides is 1. The first-order chi connectivity index (χ1) is 6.51. The third-order valence-electron chi connectivity index (χ3n) is 2.04. The average Bonchev–Trinajstić information content (AvgIpc) is 2.72. The highest BCUT2D eigenvalue weighted by atomic mass is 32.2. The molecule has 1 unspecified atom stereocenters. The molecular weight excluding hydrogens is 208 g/mol. The number of benzene rings is 1. The van der Waals surface area contributed by atoms with Gasteiger partial charge in [0.25, 0.3) is 0 Å². The Bertz CT molecular complexity index is 484. The van der Waals surface area contributed by atoms with Gasteiger partial charge in [-0.3, -0.25) is 10.1 Å². The Hall–Kier alpha value is -1.47. The summed E-state index contributed by atoms with van der Waals surface area (Å²) in [6, 6.07) is 7.57. The summed E-state index contributed by atoms with van der Waals surface area (Å²) < 4.78 is 24.1. The summed E-state index contributed by atoms with van der Waals surface area (Å²) in [5.41, 5.74) is 0.130. The van der Waals surface area contributed by atoms with Crippen molar-refractivity contribution in [2.45, 2.75) is 4.99 Å². The molecule has 0 saturated carbocycles. The van der Waals surface area contributed by atoms with E-state index in [9.17, 15) is 18.5 Å². The molecule has 0 bridgehead atoms. The molecule has 1 aliphatic rings. The molecule has 1 aliphatic heterocycles. The highest BCUT2D eigenvalue weighted by Gasteiger charge is 2.75. The standard InChI is InChI=1S/C7H6N2O4S/c10-9(11)7(8-14(7,12)13)6-4-2-1-3-5-6/h1-5,8H. The topological polar surface area (TPSA) is 99.2 Å². The SMILES string of the molecule is O=[N+]([O-])C1(c2ccccc2)NS1(=O)=O. The summed E-state index contributed by atoms with van der Waals surface area (Å²) in [4.78, 5) is 7.71. The van der Waals surface area contributed by atoms with Crippen LogP contribution in [-0.2, 0) is 15.0 Å².